The molecule has 7 heteroatoms. The average molecular weight is 299 g/mol. The summed E-state index contributed by atoms with van der Waals surface area (Å²) in [6.07, 6.45) is 1.93. The van der Waals surface area contributed by atoms with E-state index in [0.29, 0.717) is 13.2 Å². The lowest BCUT2D eigenvalue weighted by atomic mass is 10.1. The first-order valence-corrected chi connectivity index (χ1v) is 6.71. The van der Waals surface area contributed by atoms with Crippen molar-refractivity contribution in [3.05, 3.63) is 53.1 Å². The lowest BCUT2D eigenvalue weighted by Gasteiger charge is -2.06. The van der Waals surface area contributed by atoms with Gasteiger partial charge in [0.1, 0.15) is 17.8 Å². The summed E-state index contributed by atoms with van der Waals surface area (Å²) in [5.74, 6) is -0.756. The van der Waals surface area contributed by atoms with Gasteiger partial charge in [-0.1, -0.05) is 12.1 Å². The number of ether oxygens (including phenoxy) is 1. The van der Waals surface area contributed by atoms with Crippen molar-refractivity contribution in [3.8, 4) is 5.75 Å². The van der Waals surface area contributed by atoms with Crippen LogP contribution in [0.5, 0.6) is 5.75 Å². The summed E-state index contributed by atoms with van der Waals surface area (Å²) in [5.41, 5.74) is 1.89. The number of aromatic nitrogens is 2. The van der Waals surface area contributed by atoms with E-state index in [0.717, 1.165) is 35.7 Å². The van der Waals surface area contributed by atoms with Crippen molar-refractivity contribution < 1.29 is 19.4 Å². The van der Waals surface area contributed by atoms with Gasteiger partial charge in [-0.05, 0) is 17.2 Å². The molecule has 22 heavy (non-hydrogen) atoms. The maximum Gasteiger partial charge on any atom is 0.354 e. The molecule has 0 unspecified atom stereocenters. The third-order valence-corrected chi connectivity index (χ3v) is 3.33. The molecular formula is C15H13N3O4. The van der Waals surface area contributed by atoms with Crippen LogP contribution >= 0.6 is 0 Å². The summed E-state index contributed by atoms with van der Waals surface area (Å²) in [5, 5.41) is 11.6. The van der Waals surface area contributed by atoms with Gasteiger partial charge in [0.2, 0.25) is 0 Å². The molecular weight excluding hydrogens is 286 g/mol. The maximum absolute atomic E-state index is 12.0. The third-order valence-electron chi connectivity index (χ3n) is 3.33. The molecule has 0 atom stereocenters. The van der Waals surface area contributed by atoms with E-state index in [1.165, 1.54) is 0 Å². The van der Waals surface area contributed by atoms with E-state index >= 15 is 0 Å². The third kappa shape index (κ3) is 2.88. The zero-order valence-electron chi connectivity index (χ0n) is 11.6. The fraction of sp³-hybridized carbons (Fsp3) is 0.200. The highest BCUT2D eigenvalue weighted by atomic mass is 16.5. The van der Waals surface area contributed by atoms with Crippen LogP contribution in [0.25, 0.3) is 0 Å². The van der Waals surface area contributed by atoms with E-state index in [9.17, 15) is 9.59 Å². The van der Waals surface area contributed by atoms with E-state index in [1.807, 2.05) is 18.2 Å². The molecule has 1 aliphatic heterocycles. The van der Waals surface area contributed by atoms with Gasteiger partial charge in [0.25, 0.3) is 5.91 Å². The van der Waals surface area contributed by atoms with Crippen LogP contribution in [0.15, 0.2) is 30.6 Å². The van der Waals surface area contributed by atoms with Crippen molar-refractivity contribution in [2.24, 2.45) is 0 Å². The van der Waals surface area contributed by atoms with E-state index < -0.39 is 11.9 Å². The number of benzene rings is 1. The summed E-state index contributed by atoms with van der Waals surface area (Å²) in [6.45, 7) is 1.02. The van der Waals surface area contributed by atoms with Gasteiger partial charge in [0.05, 0.1) is 6.61 Å². The minimum atomic E-state index is -1.20. The van der Waals surface area contributed by atoms with Crippen LogP contribution in [0.4, 0.5) is 0 Å². The zero-order valence-corrected chi connectivity index (χ0v) is 11.6. The molecule has 1 aliphatic rings. The Morgan fingerprint density at radius 2 is 2.05 bits per heavy atom. The van der Waals surface area contributed by atoms with Gasteiger partial charge in [-0.3, -0.25) is 4.79 Å². The largest absolute Gasteiger partial charge is 0.493 e. The number of carbonyl (C=O) groups excluding carboxylic acids is 1. The van der Waals surface area contributed by atoms with Crippen LogP contribution in [-0.4, -0.2) is 33.6 Å². The standard InChI is InChI=1S/C15H13N3O4/c19-14(11-6-12(15(20)21)18-8-17-11)16-7-9-1-2-13-10(5-9)3-4-22-13/h1-2,5-6,8H,3-4,7H2,(H,16,19)(H,20,21). The molecule has 1 aromatic carbocycles. The van der Waals surface area contributed by atoms with Crippen LogP contribution in [0.2, 0.25) is 0 Å². The van der Waals surface area contributed by atoms with Crippen molar-refractivity contribution in [3.63, 3.8) is 0 Å². The number of nitrogens with zero attached hydrogens (tertiary/aromatic N) is 2. The number of fused-ring (bicyclic) bond motifs is 1. The van der Waals surface area contributed by atoms with Crippen LogP contribution in [0.1, 0.15) is 32.1 Å². The minimum absolute atomic E-state index is 0.0249. The summed E-state index contributed by atoms with van der Waals surface area (Å²) >= 11 is 0. The summed E-state index contributed by atoms with van der Waals surface area (Å²) in [4.78, 5) is 30.2. The van der Waals surface area contributed by atoms with Gasteiger partial charge in [0.15, 0.2) is 5.69 Å². The maximum atomic E-state index is 12.0. The van der Waals surface area contributed by atoms with Gasteiger partial charge in [-0.25, -0.2) is 14.8 Å². The average Bonchev–Trinajstić information content (AvgIpc) is 3.00. The molecule has 0 saturated carbocycles. The molecule has 0 saturated heterocycles. The first kappa shape index (κ1) is 14.0. The molecule has 0 radical (unpaired) electrons. The minimum Gasteiger partial charge on any atom is -0.493 e. The first-order chi connectivity index (χ1) is 10.6. The number of nitrogens with one attached hydrogen (secondary N) is 1. The predicted octanol–water partition coefficient (Wildman–Crippen LogP) is 1.04. The van der Waals surface area contributed by atoms with Crippen molar-refractivity contribution >= 4 is 11.9 Å². The second kappa shape index (κ2) is 5.80. The van der Waals surface area contributed by atoms with Crippen molar-refractivity contribution in [2.45, 2.75) is 13.0 Å². The Hall–Kier alpha value is -2.96. The summed E-state index contributed by atoms with van der Waals surface area (Å²) in [6, 6.07) is 6.91. The molecule has 3 rings (SSSR count). The zero-order chi connectivity index (χ0) is 15.5. The number of aromatic carboxylic acids is 1. The van der Waals surface area contributed by atoms with Gasteiger partial charge in [0, 0.05) is 19.0 Å². The number of amides is 1. The SMILES string of the molecule is O=C(O)c1cc(C(=O)NCc2ccc3c(c2)CCO3)ncn1. The Morgan fingerprint density at radius 3 is 2.86 bits per heavy atom. The van der Waals surface area contributed by atoms with Crippen LogP contribution in [0.3, 0.4) is 0 Å². The quantitative estimate of drug-likeness (QED) is 0.874. The van der Waals surface area contributed by atoms with E-state index in [1.54, 1.807) is 0 Å². The van der Waals surface area contributed by atoms with Gasteiger partial charge in [-0.15, -0.1) is 0 Å². The van der Waals surface area contributed by atoms with Crippen molar-refractivity contribution in [2.75, 3.05) is 6.61 Å². The summed E-state index contributed by atoms with van der Waals surface area (Å²) < 4.78 is 5.42. The second-order valence-electron chi connectivity index (χ2n) is 4.82. The van der Waals surface area contributed by atoms with Crippen LogP contribution in [-0.2, 0) is 13.0 Å². The molecule has 112 valence electrons. The smallest absolute Gasteiger partial charge is 0.354 e. The van der Waals surface area contributed by atoms with E-state index in [-0.39, 0.29) is 11.4 Å². The van der Waals surface area contributed by atoms with E-state index in [4.69, 9.17) is 9.84 Å². The highest BCUT2D eigenvalue weighted by Gasteiger charge is 2.14. The molecule has 7 nitrogen and oxygen atoms in total. The summed E-state index contributed by atoms with van der Waals surface area (Å²) in [7, 11) is 0. The molecule has 1 amide bonds. The lowest BCUT2D eigenvalue weighted by Crippen LogP contribution is -2.24. The number of rotatable bonds is 4. The lowest BCUT2D eigenvalue weighted by molar-refractivity contribution is 0.0690. The van der Waals surface area contributed by atoms with Gasteiger partial charge in [-0.2, -0.15) is 0 Å². The highest BCUT2D eigenvalue weighted by molar-refractivity contribution is 5.94. The van der Waals surface area contributed by atoms with Gasteiger partial charge < -0.3 is 15.2 Å². The highest BCUT2D eigenvalue weighted by Crippen LogP contribution is 2.25. The molecule has 2 N–H and O–H groups in total. The fourth-order valence-corrected chi connectivity index (χ4v) is 2.22. The molecule has 0 fully saturated rings. The number of carboxylic acid groups (broad SMARTS) is 1. The van der Waals surface area contributed by atoms with Crippen molar-refractivity contribution in [1.29, 1.82) is 0 Å². The predicted molar refractivity (Wildman–Crippen MR) is 75.8 cm³/mol. The number of hydrogen-bond acceptors (Lipinski definition) is 5. The van der Waals surface area contributed by atoms with Crippen LogP contribution < -0.4 is 10.1 Å². The van der Waals surface area contributed by atoms with E-state index in [2.05, 4.69) is 15.3 Å². The Kier molecular flexibility index (Phi) is 3.69. The van der Waals surface area contributed by atoms with Gasteiger partial charge >= 0.3 is 5.97 Å². The number of carboxylic acids is 1. The molecule has 2 heterocycles. The second-order valence-corrected chi connectivity index (χ2v) is 4.82. The molecule has 0 bridgehead atoms. The monoisotopic (exact) mass is 299 g/mol. The Bertz CT molecular complexity index is 745. The molecule has 1 aromatic heterocycles. The van der Waals surface area contributed by atoms with Crippen LogP contribution in [0, 0.1) is 0 Å². The molecule has 0 spiro atoms. The number of hydrogen-bond donors (Lipinski definition) is 2. The first-order valence-electron chi connectivity index (χ1n) is 6.71. The van der Waals surface area contributed by atoms with Crippen molar-refractivity contribution in [1.82, 2.24) is 15.3 Å². The normalized spacial score (nSPS) is 12.4. The molecule has 2 aromatic rings. The Morgan fingerprint density at radius 1 is 1.23 bits per heavy atom. The Balaban J connectivity index is 1.67. The fourth-order valence-electron chi connectivity index (χ4n) is 2.22. The topological polar surface area (TPSA) is 101 Å². The Labute approximate surface area is 126 Å². The number of carbonyl (C=O) groups is 2. The molecule has 0 aliphatic carbocycles.